The lowest BCUT2D eigenvalue weighted by atomic mass is 10.2. The van der Waals surface area contributed by atoms with Gasteiger partial charge in [-0.15, -0.1) is 24.0 Å². The fourth-order valence-corrected chi connectivity index (χ4v) is 2.01. The van der Waals surface area contributed by atoms with Gasteiger partial charge in [0.05, 0.1) is 13.2 Å². The van der Waals surface area contributed by atoms with E-state index in [0.717, 1.165) is 50.8 Å². The summed E-state index contributed by atoms with van der Waals surface area (Å²) >= 11 is 1.84. The van der Waals surface area contributed by atoms with Crippen LogP contribution in [-0.4, -0.2) is 43.2 Å². The van der Waals surface area contributed by atoms with Crippen molar-refractivity contribution in [2.45, 2.75) is 38.4 Å². The lowest BCUT2D eigenvalue weighted by Gasteiger charge is -2.20. The quantitative estimate of drug-likeness (QED) is 0.236. The smallest absolute Gasteiger partial charge is 0.191 e. The maximum atomic E-state index is 5.69. The van der Waals surface area contributed by atoms with Gasteiger partial charge in [0, 0.05) is 17.8 Å². The van der Waals surface area contributed by atoms with Crippen molar-refractivity contribution in [1.29, 1.82) is 0 Å². The second-order valence-electron chi connectivity index (χ2n) is 5.95. The van der Waals surface area contributed by atoms with E-state index in [9.17, 15) is 0 Å². The van der Waals surface area contributed by atoms with Gasteiger partial charge in [0.15, 0.2) is 5.96 Å². The van der Waals surface area contributed by atoms with Crippen LogP contribution >= 0.6 is 35.7 Å². The van der Waals surface area contributed by atoms with Gasteiger partial charge in [-0.25, -0.2) is 0 Å². The summed E-state index contributed by atoms with van der Waals surface area (Å²) in [4.78, 5) is 4.66. The number of nitrogens with one attached hydrogen (secondary N) is 2. The summed E-state index contributed by atoms with van der Waals surface area (Å²) in [6.45, 7) is 9.85. The van der Waals surface area contributed by atoms with Crippen LogP contribution in [0.4, 0.5) is 0 Å². The van der Waals surface area contributed by atoms with Crippen LogP contribution in [0, 0.1) is 0 Å². The number of rotatable bonds is 10. The molecule has 0 saturated heterocycles. The number of benzene rings is 1. The average molecular weight is 465 g/mol. The fourth-order valence-electron chi connectivity index (χ4n) is 1.82. The van der Waals surface area contributed by atoms with Crippen LogP contribution in [0.5, 0.6) is 5.75 Å². The number of ether oxygens (including phenoxy) is 1. The SMILES string of the molecule is CCNC(=NCC(C)(C)SC)NCCCCOc1ccccc1.I. The van der Waals surface area contributed by atoms with Crippen molar-refractivity contribution in [2.75, 3.05) is 32.5 Å². The highest BCUT2D eigenvalue weighted by Gasteiger charge is 2.15. The first kappa shape index (κ1) is 23.4. The third-order valence-corrected chi connectivity index (χ3v) is 4.62. The predicted octanol–water partition coefficient (Wildman–Crippen LogP) is 4.16. The van der Waals surface area contributed by atoms with Gasteiger partial charge in [-0.3, -0.25) is 4.99 Å². The number of nitrogens with zero attached hydrogens (tertiary/aromatic N) is 1. The lowest BCUT2D eigenvalue weighted by Crippen LogP contribution is -2.39. The molecule has 0 saturated carbocycles. The second kappa shape index (κ2) is 13.6. The fraction of sp³-hybridized carbons (Fsp3) is 0.611. The van der Waals surface area contributed by atoms with Crippen molar-refractivity contribution in [3.63, 3.8) is 0 Å². The van der Waals surface area contributed by atoms with E-state index in [1.807, 2.05) is 42.1 Å². The maximum Gasteiger partial charge on any atom is 0.191 e. The Bertz CT molecular complexity index is 455. The molecule has 0 amide bonds. The molecule has 1 rings (SSSR count). The van der Waals surface area contributed by atoms with Crippen LogP contribution in [0.2, 0.25) is 0 Å². The zero-order valence-corrected chi connectivity index (χ0v) is 18.4. The Hall–Kier alpha value is -0.630. The molecule has 0 fully saturated rings. The molecule has 0 aliphatic heterocycles. The molecule has 0 heterocycles. The van der Waals surface area contributed by atoms with Gasteiger partial charge in [-0.1, -0.05) is 18.2 Å². The summed E-state index contributed by atoms with van der Waals surface area (Å²) in [6, 6.07) is 9.96. The number of halogens is 1. The molecule has 1 aromatic carbocycles. The molecule has 0 aromatic heterocycles. The molecule has 0 atom stereocenters. The molecule has 1 aromatic rings. The molecule has 2 N–H and O–H groups in total. The summed E-state index contributed by atoms with van der Waals surface area (Å²) < 4.78 is 5.86. The standard InChI is InChI=1S/C18H31N3OS.HI/c1-5-19-17(21-15-18(2,3)23-4)20-13-9-10-14-22-16-11-7-6-8-12-16;/h6-8,11-12H,5,9-10,13-15H2,1-4H3,(H2,19,20,21);1H. The Kier molecular flexibility index (Phi) is 13.3. The third kappa shape index (κ3) is 11.0. The van der Waals surface area contributed by atoms with Gasteiger partial charge in [-0.2, -0.15) is 11.8 Å². The number of aliphatic imine (C=N–C) groups is 1. The van der Waals surface area contributed by atoms with E-state index in [-0.39, 0.29) is 28.7 Å². The normalized spacial score (nSPS) is 11.6. The monoisotopic (exact) mass is 465 g/mol. The Labute approximate surface area is 168 Å². The van der Waals surface area contributed by atoms with Gasteiger partial charge >= 0.3 is 0 Å². The molecular formula is C18H32IN3OS. The van der Waals surface area contributed by atoms with Crippen LogP contribution in [0.1, 0.15) is 33.6 Å². The molecule has 0 aliphatic rings. The third-order valence-electron chi connectivity index (χ3n) is 3.39. The van der Waals surface area contributed by atoms with Crippen LogP contribution in [0.15, 0.2) is 35.3 Å². The number of thioether (sulfide) groups is 1. The first-order valence-electron chi connectivity index (χ1n) is 8.32. The number of hydrogen-bond acceptors (Lipinski definition) is 3. The van der Waals surface area contributed by atoms with Gasteiger partial charge in [0.1, 0.15) is 5.75 Å². The topological polar surface area (TPSA) is 45.7 Å². The molecule has 138 valence electrons. The summed E-state index contributed by atoms with van der Waals surface area (Å²) in [5.74, 6) is 1.84. The van der Waals surface area contributed by atoms with Crippen molar-refractivity contribution in [3.05, 3.63) is 30.3 Å². The van der Waals surface area contributed by atoms with Crippen molar-refractivity contribution < 1.29 is 4.74 Å². The molecule has 4 nitrogen and oxygen atoms in total. The summed E-state index contributed by atoms with van der Waals surface area (Å²) in [5.41, 5.74) is 0. The first-order chi connectivity index (χ1) is 11.1. The summed E-state index contributed by atoms with van der Waals surface area (Å²) in [6.07, 6.45) is 4.21. The van der Waals surface area contributed by atoms with E-state index < -0.39 is 0 Å². The van der Waals surface area contributed by atoms with Gasteiger partial charge in [0.25, 0.3) is 0 Å². The lowest BCUT2D eigenvalue weighted by molar-refractivity contribution is 0.307. The molecular weight excluding hydrogens is 433 g/mol. The summed E-state index contributed by atoms with van der Waals surface area (Å²) in [7, 11) is 0. The van der Waals surface area contributed by atoms with Crippen LogP contribution < -0.4 is 15.4 Å². The van der Waals surface area contributed by atoms with Crippen molar-refractivity contribution in [2.24, 2.45) is 4.99 Å². The minimum atomic E-state index is 0. The van der Waals surface area contributed by atoms with E-state index in [4.69, 9.17) is 4.74 Å². The minimum Gasteiger partial charge on any atom is -0.494 e. The Morgan fingerprint density at radius 3 is 2.50 bits per heavy atom. The van der Waals surface area contributed by atoms with E-state index in [2.05, 4.69) is 42.7 Å². The maximum absolute atomic E-state index is 5.69. The van der Waals surface area contributed by atoms with Crippen molar-refractivity contribution in [3.8, 4) is 5.75 Å². The van der Waals surface area contributed by atoms with E-state index in [0.29, 0.717) is 0 Å². The highest BCUT2D eigenvalue weighted by atomic mass is 127. The minimum absolute atomic E-state index is 0. The summed E-state index contributed by atoms with van der Waals surface area (Å²) in [5, 5.41) is 6.68. The van der Waals surface area contributed by atoms with Crippen molar-refractivity contribution >= 4 is 41.7 Å². The van der Waals surface area contributed by atoms with Crippen LogP contribution in [0.25, 0.3) is 0 Å². The van der Waals surface area contributed by atoms with Gasteiger partial charge < -0.3 is 15.4 Å². The van der Waals surface area contributed by atoms with Gasteiger partial charge in [-0.05, 0) is 52.0 Å². The Morgan fingerprint density at radius 1 is 1.17 bits per heavy atom. The molecule has 24 heavy (non-hydrogen) atoms. The zero-order valence-electron chi connectivity index (χ0n) is 15.3. The highest BCUT2D eigenvalue weighted by Crippen LogP contribution is 2.20. The van der Waals surface area contributed by atoms with E-state index >= 15 is 0 Å². The molecule has 0 bridgehead atoms. The van der Waals surface area contributed by atoms with E-state index in [1.165, 1.54) is 0 Å². The highest BCUT2D eigenvalue weighted by molar-refractivity contribution is 14.0. The molecule has 0 aliphatic carbocycles. The Morgan fingerprint density at radius 2 is 1.88 bits per heavy atom. The zero-order chi connectivity index (χ0) is 17.0. The molecule has 0 radical (unpaired) electrons. The number of unbranched alkanes of at least 4 members (excludes halogenated alkanes) is 1. The first-order valence-corrected chi connectivity index (χ1v) is 9.55. The second-order valence-corrected chi connectivity index (χ2v) is 7.47. The van der Waals surface area contributed by atoms with Crippen LogP contribution in [-0.2, 0) is 0 Å². The Balaban J connectivity index is 0.00000529. The van der Waals surface area contributed by atoms with Crippen molar-refractivity contribution in [1.82, 2.24) is 10.6 Å². The van der Waals surface area contributed by atoms with Crippen LogP contribution in [0.3, 0.4) is 0 Å². The average Bonchev–Trinajstić information content (AvgIpc) is 2.56. The number of hydrogen-bond donors (Lipinski definition) is 2. The largest absolute Gasteiger partial charge is 0.494 e. The number of guanidine groups is 1. The predicted molar refractivity (Wildman–Crippen MR) is 118 cm³/mol. The molecule has 0 unspecified atom stereocenters. The van der Waals surface area contributed by atoms with Gasteiger partial charge in [0.2, 0.25) is 0 Å². The molecule has 0 spiro atoms. The van der Waals surface area contributed by atoms with E-state index in [1.54, 1.807) is 0 Å². The number of para-hydroxylation sites is 1. The molecule has 6 heteroatoms.